The van der Waals surface area contributed by atoms with E-state index in [4.69, 9.17) is 5.10 Å². The minimum atomic E-state index is -0.737. The molecule has 0 atom stereocenters. The molecule has 32 heavy (non-hydrogen) atoms. The van der Waals surface area contributed by atoms with Crippen LogP contribution in [-0.2, 0) is 6.42 Å². The van der Waals surface area contributed by atoms with Crippen LogP contribution in [0, 0.1) is 6.92 Å². The van der Waals surface area contributed by atoms with E-state index in [1.54, 1.807) is 4.40 Å². The predicted octanol–water partition coefficient (Wildman–Crippen LogP) is 0.941. The summed E-state index contributed by atoms with van der Waals surface area (Å²) in [5.41, 5.74) is 4.68. The van der Waals surface area contributed by atoms with Crippen molar-refractivity contribution in [2.75, 3.05) is 25.1 Å². The number of hydrogen-bond acceptors (Lipinski definition) is 7. The number of aryl methyl sites for hydroxylation is 1. The highest BCUT2D eigenvalue weighted by atomic mass is 16.3. The molecule has 0 radical (unpaired) electrons. The van der Waals surface area contributed by atoms with Gasteiger partial charge in [-0.25, -0.2) is 14.6 Å². The van der Waals surface area contributed by atoms with Gasteiger partial charge in [-0.2, -0.15) is 0 Å². The highest BCUT2D eigenvalue weighted by Gasteiger charge is 2.25. The molecule has 10 nitrogen and oxygen atoms in total. The summed E-state index contributed by atoms with van der Waals surface area (Å²) in [6, 6.07) is 8.86. The number of carbonyl (C=O) groups excluding carboxylic acids is 1. The summed E-state index contributed by atoms with van der Waals surface area (Å²) in [6.07, 6.45) is 4.16. The maximum absolute atomic E-state index is 12.7. The molecule has 0 saturated heterocycles. The zero-order valence-electron chi connectivity index (χ0n) is 17.5. The second-order valence-electron chi connectivity index (χ2n) is 7.73. The van der Waals surface area contributed by atoms with E-state index in [-0.39, 0.29) is 13.2 Å². The van der Waals surface area contributed by atoms with Crippen LogP contribution in [0.3, 0.4) is 0 Å². The van der Waals surface area contributed by atoms with Crippen molar-refractivity contribution in [3.8, 4) is 17.1 Å². The maximum Gasteiger partial charge on any atom is 0.270 e. The molecule has 0 saturated carbocycles. The van der Waals surface area contributed by atoms with Gasteiger partial charge in [0.2, 0.25) is 0 Å². The normalized spacial score (nSPS) is 12.9. The van der Waals surface area contributed by atoms with Crippen molar-refractivity contribution in [2.24, 2.45) is 0 Å². The van der Waals surface area contributed by atoms with E-state index in [1.807, 2.05) is 48.1 Å². The predicted molar refractivity (Wildman–Crippen MR) is 118 cm³/mol. The van der Waals surface area contributed by atoms with Crippen LogP contribution in [0.4, 0.5) is 5.82 Å². The molecule has 1 aliphatic rings. The topological polar surface area (TPSA) is 130 Å². The van der Waals surface area contributed by atoms with E-state index in [2.05, 4.69) is 20.6 Å². The molecule has 5 rings (SSSR count). The standard InChI is InChI=1S/C22H23N7O3/c1-13-3-2-4-19(25-13)29-20(16-7-8-23-21(16)27-29)14-5-6-18-24-9-17(28(18)10-14)22(32)26-15(11-30)12-31/h2-6,9-10,15,30-31H,7-8,11-12H2,1H3,(H,23,27)(H,26,32). The van der Waals surface area contributed by atoms with Gasteiger partial charge >= 0.3 is 0 Å². The van der Waals surface area contributed by atoms with Crippen LogP contribution in [0.5, 0.6) is 0 Å². The molecule has 0 spiro atoms. The average molecular weight is 433 g/mol. The van der Waals surface area contributed by atoms with Gasteiger partial charge in [0.05, 0.1) is 31.1 Å². The number of pyridine rings is 2. The molecular formula is C22H23N7O3. The van der Waals surface area contributed by atoms with Crippen molar-refractivity contribution < 1.29 is 15.0 Å². The maximum atomic E-state index is 12.7. The molecule has 4 aromatic heterocycles. The van der Waals surface area contributed by atoms with Crippen LogP contribution < -0.4 is 10.6 Å². The molecule has 1 amide bonds. The van der Waals surface area contributed by atoms with E-state index >= 15 is 0 Å². The fourth-order valence-electron chi connectivity index (χ4n) is 3.94. The minimum absolute atomic E-state index is 0.309. The van der Waals surface area contributed by atoms with Crippen LogP contribution in [0.2, 0.25) is 0 Å². The van der Waals surface area contributed by atoms with Gasteiger partial charge in [-0.15, -0.1) is 5.10 Å². The fraction of sp³-hybridized carbons (Fsp3) is 0.273. The first-order valence-electron chi connectivity index (χ1n) is 10.4. The lowest BCUT2D eigenvalue weighted by Gasteiger charge is -2.13. The Kier molecular flexibility index (Phi) is 5.08. The number of carbonyl (C=O) groups is 1. The van der Waals surface area contributed by atoms with E-state index in [9.17, 15) is 15.0 Å². The van der Waals surface area contributed by atoms with E-state index in [0.29, 0.717) is 17.2 Å². The van der Waals surface area contributed by atoms with Crippen molar-refractivity contribution in [3.63, 3.8) is 0 Å². The van der Waals surface area contributed by atoms with Gasteiger partial charge < -0.3 is 20.8 Å². The number of imidazole rings is 1. The van der Waals surface area contributed by atoms with Gasteiger partial charge in [0, 0.05) is 29.6 Å². The van der Waals surface area contributed by atoms with Crippen LogP contribution >= 0.6 is 0 Å². The van der Waals surface area contributed by atoms with Gasteiger partial charge in [0.1, 0.15) is 11.3 Å². The molecule has 5 heterocycles. The number of rotatable bonds is 6. The van der Waals surface area contributed by atoms with Gasteiger partial charge in [-0.05, 0) is 37.6 Å². The highest BCUT2D eigenvalue weighted by Crippen LogP contribution is 2.34. The summed E-state index contributed by atoms with van der Waals surface area (Å²) in [5.74, 6) is 1.12. The molecule has 0 fully saturated rings. The number of hydrogen-bond donors (Lipinski definition) is 4. The summed E-state index contributed by atoms with van der Waals surface area (Å²) in [7, 11) is 0. The number of aromatic nitrogens is 5. The highest BCUT2D eigenvalue weighted by molar-refractivity contribution is 5.93. The zero-order chi connectivity index (χ0) is 22.2. The quantitative estimate of drug-likeness (QED) is 0.356. The second-order valence-corrected chi connectivity index (χ2v) is 7.73. The Morgan fingerprint density at radius 1 is 1.25 bits per heavy atom. The van der Waals surface area contributed by atoms with Gasteiger partial charge in [0.25, 0.3) is 5.91 Å². The SMILES string of the molecule is Cc1cccc(-n2nc3c(c2-c2ccc4ncc(C(=O)NC(CO)CO)n4c2)CCN3)n1. The molecule has 0 aliphatic carbocycles. The van der Waals surface area contributed by atoms with Gasteiger partial charge in [-0.1, -0.05) is 6.07 Å². The smallest absolute Gasteiger partial charge is 0.270 e. The molecule has 0 aromatic carbocycles. The monoisotopic (exact) mass is 433 g/mol. The number of fused-ring (bicyclic) bond motifs is 2. The Hall–Kier alpha value is -3.76. The number of anilines is 1. The number of amides is 1. The molecule has 0 bridgehead atoms. The van der Waals surface area contributed by atoms with E-state index in [1.165, 1.54) is 6.20 Å². The van der Waals surface area contributed by atoms with Gasteiger partial charge in [0.15, 0.2) is 11.6 Å². The summed E-state index contributed by atoms with van der Waals surface area (Å²) in [6.45, 7) is 2.04. The lowest BCUT2D eigenvalue weighted by atomic mass is 10.1. The molecule has 164 valence electrons. The summed E-state index contributed by atoms with van der Waals surface area (Å²) < 4.78 is 3.53. The Morgan fingerprint density at radius 2 is 2.09 bits per heavy atom. The summed E-state index contributed by atoms with van der Waals surface area (Å²) >= 11 is 0. The van der Waals surface area contributed by atoms with Crippen molar-refractivity contribution in [1.29, 1.82) is 0 Å². The second kappa shape index (κ2) is 8.06. The van der Waals surface area contributed by atoms with Crippen LogP contribution in [0.1, 0.15) is 21.7 Å². The average Bonchev–Trinajstić information content (AvgIpc) is 3.51. The number of nitrogens with one attached hydrogen (secondary N) is 2. The molecule has 4 aromatic rings. The van der Waals surface area contributed by atoms with Crippen LogP contribution in [-0.4, -0.2) is 66.1 Å². The molecular weight excluding hydrogens is 410 g/mol. The third-order valence-corrected chi connectivity index (χ3v) is 5.53. The molecule has 10 heteroatoms. The molecule has 4 N–H and O–H groups in total. The van der Waals surface area contributed by atoms with Crippen LogP contribution in [0.15, 0.2) is 42.7 Å². The van der Waals surface area contributed by atoms with E-state index in [0.717, 1.165) is 41.3 Å². The first kappa shape index (κ1) is 20.2. The lowest BCUT2D eigenvalue weighted by Crippen LogP contribution is -2.40. The van der Waals surface area contributed by atoms with Crippen molar-refractivity contribution in [1.82, 2.24) is 29.5 Å². The first-order valence-corrected chi connectivity index (χ1v) is 10.4. The zero-order valence-corrected chi connectivity index (χ0v) is 17.5. The number of aliphatic hydroxyl groups is 2. The summed E-state index contributed by atoms with van der Waals surface area (Å²) in [4.78, 5) is 21.7. The largest absolute Gasteiger partial charge is 0.394 e. The third kappa shape index (κ3) is 3.39. The Morgan fingerprint density at radius 3 is 2.88 bits per heavy atom. The number of nitrogens with zero attached hydrogens (tertiary/aromatic N) is 5. The minimum Gasteiger partial charge on any atom is -0.394 e. The Balaban J connectivity index is 1.62. The first-order chi connectivity index (χ1) is 15.6. The Labute approximate surface area is 183 Å². The Bertz CT molecular complexity index is 1310. The van der Waals surface area contributed by atoms with Crippen molar-refractivity contribution in [3.05, 3.63) is 59.7 Å². The van der Waals surface area contributed by atoms with E-state index < -0.39 is 11.9 Å². The van der Waals surface area contributed by atoms with Gasteiger partial charge in [-0.3, -0.25) is 9.20 Å². The molecule has 0 unspecified atom stereocenters. The third-order valence-electron chi connectivity index (χ3n) is 5.53. The number of aliphatic hydroxyl groups excluding tert-OH is 2. The summed E-state index contributed by atoms with van der Waals surface area (Å²) in [5, 5.41) is 29.3. The fourth-order valence-corrected chi connectivity index (χ4v) is 3.94. The van der Waals surface area contributed by atoms with Crippen molar-refractivity contribution in [2.45, 2.75) is 19.4 Å². The van der Waals surface area contributed by atoms with Crippen molar-refractivity contribution >= 4 is 17.4 Å². The lowest BCUT2D eigenvalue weighted by molar-refractivity contribution is 0.0873. The molecule has 1 aliphatic heterocycles. The van der Waals surface area contributed by atoms with Crippen LogP contribution in [0.25, 0.3) is 22.7 Å².